The van der Waals surface area contributed by atoms with Gasteiger partial charge in [-0.1, -0.05) is 6.92 Å². The van der Waals surface area contributed by atoms with Crippen LogP contribution in [0.3, 0.4) is 0 Å². The highest BCUT2D eigenvalue weighted by Crippen LogP contribution is 2.49. The molecule has 0 bridgehead atoms. The van der Waals surface area contributed by atoms with Crippen LogP contribution in [-0.4, -0.2) is 56.5 Å². The predicted octanol–water partition coefficient (Wildman–Crippen LogP) is 1.23. The molecule has 0 spiro atoms. The standard InChI is InChI=1S/C13H24N2O3/c1-10(13(2)4-5-13)15(3)12(16)14-8-11-9-17-6-7-18-11/h10-11H,4-9H2,1-3H3,(H,14,16). The molecule has 104 valence electrons. The minimum absolute atomic E-state index is 0.0112. The second-order valence-corrected chi connectivity index (χ2v) is 5.69. The fourth-order valence-corrected chi connectivity index (χ4v) is 2.24. The quantitative estimate of drug-likeness (QED) is 0.823. The highest BCUT2D eigenvalue weighted by Gasteiger charge is 2.45. The number of nitrogens with one attached hydrogen (secondary N) is 1. The minimum Gasteiger partial charge on any atom is -0.376 e. The summed E-state index contributed by atoms with van der Waals surface area (Å²) in [5, 5.41) is 2.91. The molecule has 0 aromatic rings. The van der Waals surface area contributed by atoms with Gasteiger partial charge >= 0.3 is 6.03 Å². The zero-order valence-corrected chi connectivity index (χ0v) is 11.6. The van der Waals surface area contributed by atoms with Gasteiger partial charge in [0.2, 0.25) is 0 Å². The third kappa shape index (κ3) is 3.14. The summed E-state index contributed by atoms with van der Waals surface area (Å²) in [4.78, 5) is 13.8. The van der Waals surface area contributed by atoms with Gasteiger partial charge in [0.1, 0.15) is 0 Å². The molecule has 1 aliphatic carbocycles. The van der Waals surface area contributed by atoms with E-state index in [4.69, 9.17) is 9.47 Å². The number of hydrogen-bond donors (Lipinski definition) is 1. The summed E-state index contributed by atoms with van der Waals surface area (Å²) >= 11 is 0. The zero-order valence-electron chi connectivity index (χ0n) is 11.6. The third-order valence-corrected chi connectivity index (χ3v) is 4.31. The highest BCUT2D eigenvalue weighted by molar-refractivity contribution is 5.74. The van der Waals surface area contributed by atoms with Crippen LogP contribution >= 0.6 is 0 Å². The van der Waals surface area contributed by atoms with E-state index in [1.54, 1.807) is 4.90 Å². The molecule has 0 radical (unpaired) electrons. The Morgan fingerprint density at radius 2 is 2.22 bits per heavy atom. The van der Waals surface area contributed by atoms with Gasteiger partial charge in [0.15, 0.2) is 0 Å². The Hall–Kier alpha value is -0.810. The van der Waals surface area contributed by atoms with Crippen molar-refractivity contribution in [3.05, 3.63) is 0 Å². The van der Waals surface area contributed by atoms with E-state index in [0.29, 0.717) is 31.8 Å². The van der Waals surface area contributed by atoms with Crippen molar-refractivity contribution < 1.29 is 14.3 Å². The first kappa shape index (κ1) is 13.6. The first-order valence-corrected chi connectivity index (χ1v) is 6.73. The molecule has 2 rings (SSSR count). The van der Waals surface area contributed by atoms with Crippen molar-refractivity contribution in [3.63, 3.8) is 0 Å². The first-order chi connectivity index (χ1) is 8.53. The molecule has 0 aromatic heterocycles. The summed E-state index contributed by atoms with van der Waals surface area (Å²) in [6.45, 7) is 6.71. The SMILES string of the molecule is CC(N(C)C(=O)NCC1COCCO1)C1(C)CC1. The molecule has 1 aliphatic heterocycles. The van der Waals surface area contributed by atoms with Gasteiger partial charge in [-0.05, 0) is 25.2 Å². The maximum Gasteiger partial charge on any atom is 0.317 e. The molecule has 1 saturated heterocycles. The third-order valence-electron chi connectivity index (χ3n) is 4.31. The molecule has 2 amide bonds. The lowest BCUT2D eigenvalue weighted by Gasteiger charge is -2.31. The summed E-state index contributed by atoms with van der Waals surface area (Å²) in [5.74, 6) is 0. The number of carbonyl (C=O) groups is 1. The molecular formula is C13H24N2O3. The molecule has 2 atom stereocenters. The van der Waals surface area contributed by atoms with E-state index in [2.05, 4.69) is 19.2 Å². The largest absolute Gasteiger partial charge is 0.376 e. The molecule has 2 aliphatic rings. The van der Waals surface area contributed by atoms with Crippen LogP contribution in [-0.2, 0) is 9.47 Å². The zero-order chi connectivity index (χ0) is 13.2. The van der Waals surface area contributed by atoms with Crippen molar-refractivity contribution in [2.45, 2.75) is 38.8 Å². The Morgan fingerprint density at radius 1 is 1.50 bits per heavy atom. The van der Waals surface area contributed by atoms with Crippen LogP contribution < -0.4 is 5.32 Å². The van der Waals surface area contributed by atoms with Crippen LogP contribution in [0, 0.1) is 5.41 Å². The van der Waals surface area contributed by atoms with E-state index in [1.165, 1.54) is 12.8 Å². The molecule has 0 aromatic carbocycles. The average molecular weight is 256 g/mol. The molecule has 5 heteroatoms. The van der Waals surface area contributed by atoms with Crippen LogP contribution in [0.4, 0.5) is 4.79 Å². The summed E-state index contributed by atoms with van der Waals surface area (Å²) in [6, 6.07) is 0.255. The monoisotopic (exact) mass is 256 g/mol. The van der Waals surface area contributed by atoms with Crippen LogP contribution in [0.25, 0.3) is 0 Å². The second-order valence-electron chi connectivity index (χ2n) is 5.69. The van der Waals surface area contributed by atoms with Gasteiger partial charge in [-0.3, -0.25) is 0 Å². The van der Waals surface area contributed by atoms with Crippen molar-refractivity contribution in [2.75, 3.05) is 33.4 Å². The molecular weight excluding hydrogens is 232 g/mol. The number of carbonyl (C=O) groups excluding carboxylic acids is 1. The number of hydrogen-bond acceptors (Lipinski definition) is 3. The number of amides is 2. The fourth-order valence-electron chi connectivity index (χ4n) is 2.24. The van der Waals surface area contributed by atoms with E-state index in [9.17, 15) is 4.79 Å². The molecule has 2 unspecified atom stereocenters. The van der Waals surface area contributed by atoms with Crippen LogP contribution in [0.1, 0.15) is 26.7 Å². The Balaban J connectivity index is 1.73. The lowest BCUT2D eigenvalue weighted by Crippen LogP contribution is -2.48. The Bertz CT molecular complexity index is 299. The smallest absolute Gasteiger partial charge is 0.317 e. The van der Waals surface area contributed by atoms with Crippen molar-refractivity contribution in [1.82, 2.24) is 10.2 Å². The number of nitrogens with zero attached hydrogens (tertiary/aromatic N) is 1. The number of ether oxygens (including phenoxy) is 2. The van der Waals surface area contributed by atoms with Crippen molar-refractivity contribution in [2.24, 2.45) is 5.41 Å². The van der Waals surface area contributed by atoms with E-state index in [-0.39, 0.29) is 18.2 Å². The molecule has 2 fully saturated rings. The number of rotatable bonds is 4. The Labute approximate surface area is 109 Å². The Morgan fingerprint density at radius 3 is 2.78 bits per heavy atom. The van der Waals surface area contributed by atoms with E-state index in [1.807, 2.05) is 7.05 Å². The van der Waals surface area contributed by atoms with Gasteiger partial charge in [-0.15, -0.1) is 0 Å². The van der Waals surface area contributed by atoms with Gasteiger partial charge < -0.3 is 19.7 Å². The summed E-state index contributed by atoms with van der Waals surface area (Å²) < 4.78 is 10.8. The summed E-state index contributed by atoms with van der Waals surface area (Å²) in [7, 11) is 1.86. The number of urea groups is 1. The minimum atomic E-state index is -0.0233. The van der Waals surface area contributed by atoms with Crippen molar-refractivity contribution >= 4 is 6.03 Å². The summed E-state index contributed by atoms with van der Waals surface area (Å²) in [5.41, 5.74) is 0.316. The van der Waals surface area contributed by atoms with Crippen molar-refractivity contribution in [1.29, 1.82) is 0 Å². The summed E-state index contributed by atoms with van der Waals surface area (Å²) in [6.07, 6.45) is 2.42. The maximum atomic E-state index is 12.0. The maximum absolute atomic E-state index is 12.0. The van der Waals surface area contributed by atoms with E-state index >= 15 is 0 Å². The topological polar surface area (TPSA) is 50.8 Å². The fraction of sp³-hybridized carbons (Fsp3) is 0.923. The van der Waals surface area contributed by atoms with Crippen molar-refractivity contribution in [3.8, 4) is 0 Å². The van der Waals surface area contributed by atoms with Gasteiger partial charge in [-0.2, -0.15) is 0 Å². The lowest BCUT2D eigenvalue weighted by atomic mass is 10.00. The Kier molecular flexibility index (Phi) is 4.12. The average Bonchev–Trinajstić information content (AvgIpc) is 3.14. The van der Waals surface area contributed by atoms with Gasteiger partial charge in [0.05, 0.1) is 25.9 Å². The predicted molar refractivity (Wildman–Crippen MR) is 68.5 cm³/mol. The highest BCUT2D eigenvalue weighted by atomic mass is 16.6. The van der Waals surface area contributed by atoms with Crippen LogP contribution in [0.2, 0.25) is 0 Å². The van der Waals surface area contributed by atoms with E-state index in [0.717, 1.165) is 0 Å². The first-order valence-electron chi connectivity index (χ1n) is 6.73. The lowest BCUT2D eigenvalue weighted by molar-refractivity contribution is -0.0856. The molecule has 18 heavy (non-hydrogen) atoms. The van der Waals surface area contributed by atoms with Crippen LogP contribution in [0.5, 0.6) is 0 Å². The van der Waals surface area contributed by atoms with Crippen LogP contribution in [0.15, 0.2) is 0 Å². The molecule has 1 N–H and O–H groups in total. The van der Waals surface area contributed by atoms with Gasteiger partial charge in [0.25, 0.3) is 0 Å². The molecule has 1 saturated carbocycles. The second kappa shape index (κ2) is 5.45. The molecule has 5 nitrogen and oxygen atoms in total. The van der Waals surface area contributed by atoms with Gasteiger partial charge in [-0.25, -0.2) is 4.79 Å². The van der Waals surface area contributed by atoms with E-state index < -0.39 is 0 Å². The van der Waals surface area contributed by atoms with Gasteiger partial charge in [0, 0.05) is 19.6 Å². The normalized spacial score (nSPS) is 27.4. The molecule has 1 heterocycles.